The number of nitrogens with one attached hydrogen (secondary N) is 2. The fourth-order valence-corrected chi connectivity index (χ4v) is 2.84. The minimum Gasteiger partial charge on any atom is -0.457 e. The van der Waals surface area contributed by atoms with Gasteiger partial charge >= 0.3 is 0 Å². The molecule has 0 bridgehead atoms. The van der Waals surface area contributed by atoms with Crippen molar-refractivity contribution in [3.05, 3.63) is 88.9 Å². The fourth-order valence-electron chi connectivity index (χ4n) is 2.44. The second-order valence-corrected chi connectivity index (χ2v) is 7.01. The zero-order valence-corrected chi connectivity index (χ0v) is 16.9. The van der Waals surface area contributed by atoms with Gasteiger partial charge < -0.3 is 10.1 Å². The van der Waals surface area contributed by atoms with Gasteiger partial charge in [-0.2, -0.15) is 5.10 Å². The van der Waals surface area contributed by atoms with E-state index in [-0.39, 0.29) is 5.91 Å². The highest BCUT2D eigenvalue weighted by atomic mass is 79.9. The summed E-state index contributed by atoms with van der Waals surface area (Å²) in [6.45, 7) is 1.78. The number of halogens is 1. The number of hydrogen-bond donors (Lipinski definition) is 2. The number of rotatable bonds is 7. The molecule has 0 spiro atoms. The maximum Gasteiger partial charge on any atom is 0.262 e. The third-order valence-corrected chi connectivity index (χ3v) is 4.32. The van der Waals surface area contributed by atoms with E-state index in [4.69, 9.17) is 4.74 Å². The Morgan fingerprint density at radius 2 is 1.75 bits per heavy atom. The third-order valence-electron chi connectivity index (χ3n) is 3.83. The topological polar surface area (TPSA) is 62.7 Å². The van der Waals surface area contributed by atoms with Gasteiger partial charge in [-0.25, -0.2) is 5.43 Å². The van der Waals surface area contributed by atoms with E-state index in [0.717, 1.165) is 21.5 Å². The van der Waals surface area contributed by atoms with Crippen LogP contribution < -0.4 is 15.5 Å². The quantitative estimate of drug-likeness (QED) is 0.394. The Morgan fingerprint density at radius 3 is 2.54 bits per heavy atom. The largest absolute Gasteiger partial charge is 0.457 e. The lowest BCUT2D eigenvalue weighted by Crippen LogP contribution is -2.34. The van der Waals surface area contributed by atoms with Crippen molar-refractivity contribution in [2.24, 2.45) is 5.10 Å². The van der Waals surface area contributed by atoms with Crippen molar-refractivity contribution in [3.63, 3.8) is 0 Å². The summed E-state index contributed by atoms with van der Waals surface area (Å²) in [4.78, 5) is 12.2. The van der Waals surface area contributed by atoms with E-state index < -0.39 is 6.04 Å². The number of carbonyl (C=O) groups excluding carboxylic acids is 1. The highest BCUT2D eigenvalue weighted by molar-refractivity contribution is 9.10. The molecular formula is C22H20BrN3O2. The molecule has 142 valence electrons. The lowest BCUT2D eigenvalue weighted by Gasteiger charge is -2.13. The van der Waals surface area contributed by atoms with E-state index in [2.05, 4.69) is 31.8 Å². The van der Waals surface area contributed by atoms with Crippen LogP contribution in [0.4, 0.5) is 5.69 Å². The Morgan fingerprint density at radius 1 is 1.00 bits per heavy atom. The van der Waals surface area contributed by atoms with Crippen molar-refractivity contribution in [1.82, 2.24) is 5.43 Å². The molecule has 0 fully saturated rings. The minimum atomic E-state index is -0.431. The van der Waals surface area contributed by atoms with Gasteiger partial charge in [-0.05, 0) is 55.0 Å². The van der Waals surface area contributed by atoms with Gasteiger partial charge in [-0.1, -0.05) is 52.3 Å². The van der Waals surface area contributed by atoms with E-state index in [1.165, 1.54) is 0 Å². The maximum absolute atomic E-state index is 12.2. The van der Waals surface area contributed by atoms with Crippen LogP contribution >= 0.6 is 15.9 Å². The number of amides is 1. The Bertz CT molecular complexity index is 961. The van der Waals surface area contributed by atoms with Gasteiger partial charge in [0.15, 0.2) is 0 Å². The molecular weight excluding hydrogens is 418 g/mol. The van der Waals surface area contributed by atoms with Crippen LogP contribution in [0.25, 0.3) is 0 Å². The molecule has 0 aliphatic rings. The molecule has 1 atom stereocenters. The van der Waals surface area contributed by atoms with Crippen molar-refractivity contribution in [3.8, 4) is 11.5 Å². The van der Waals surface area contributed by atoms with Crippen molar-refractivity contribution < 1.29 is 9.53 Å². The first-order chi connectivity index (χ1) is 13.6. The minimum absolute atomic E-state index is 0.229. The van der Waals surface area contributed by atoms with Gasteiger partial charge in [0.1, 0.15) is 17.5 Å². The van der Waals surface area contributed by atoms with Crippen LogP contribution in [0.1, 0.15) is 12.5 Å². The zero-order valence-electron chi connectivity index (χ0n) is 15.3. The molecule has 3 aromatic carbocycles. The monoisotopic (exact) mass is 437 g/mol. The molecule has 1 unspecified atom stereocenters. The summed E-state index contributed by atoms with van der Waals surface area (Å²) >= 11 is 3.41. The summed E-state index contributed by atoms with van der Waals surface area (Å²) in [6.07, 6.45) is 1.58. The second kappa shape index (κ2) is 9.71. The molecule has 6 heteroatoms. The van der Waals surface area contributed by atoms with E-state index in [1.54, 1.807) is 13.1 Å². The van der Waals surface area contributed by atoms with Gasteiger partial charge in [-0.3, -0.25) is 4.79 Å². The Kier molecular flexibility index (Phi) is 6.81. The molecule has 5 nitrogen and oxygen atoms in total. The van der Waals surface area contributed by atoms with Crippen LogP contribution in [0, 0.1) is 0 Å². The number of hydrogen-bond acceptors (Lipinski definition) is 4. The van der Waals surface area contributed by atoms with Gasteiger partial charge in [0, 0.05) is 10.2 Å². The summed E-state index contributed by atoms with van der Waals surface area (Å²) in [6, 6.07) is 24.2. The molecule has 0 saturated heterocycles. The first kappa shape index (κ1) is 19.6. The molecule has 1 amide bonds. The highest BCUT2D eigenvalue weighted by Gasteiger charge is 2.11. The van der Waals surface area contributed by atoms with Gasteiger partial charge in [0.25, 0.3) is 5.91 Å². The number of nitrogens with zero attached hydrogens (tertiary/aromatic N) is 1. The highest BCUT2D eigenvalue weighted by Crippen LogP contribution is 2.21. The average Bonchev–Trinajstić information content (AvgIpc) is 2.69. The van der Waals surface area contributed by atoms with Crippen molar-refractivity contribution >= 4 is 33.7 Å². The fraction of sp³-hybridized carbons (Fsp3) is 0.0909. The number of para-hydroxylation sites is 1. The van der Waals surface area contributed by atoms with Crippen molar-refractivity contribution in [2.75, 3.05) is 5.32 Å². The molecule has 0 aromatic heterocycles. The predicted molar refractivity (Wildman–Crippen MR) is 116 cm³/mol. The lowest BCUT2D eigenvalue weighted by atomic mass is 10.2. The third kappa shape index (κ3) is 5.96. The number of carbonyl (C=O) groups is 1. The second-order valence-electron chi connectivity index (χ2n) is 6.10. The van der Waals surface area contributed by atoms with E-state index in [1.807, 2.05) is 78.9 Å². The first-order valence-electron chi connectivity index (χ1n) is 8.78. The smallest absolute Gasteiger partial charge is 0.262 e. The summed E-state index contributed by atoms with van der Waals surface area (Å²) in [5, 5.41) is 7.17. The number of anilines is 1. The van der Waals surface area contributed by atoms with Crippen LogP contribution in [0.5, 0.6) is 11.5 Å². The van der Waals surface area contributed by atoms with Crippen LogP contribution in [0.2, 0.25) is 0 Å². The summed E-state index contributed by atoms with van der Waals surface area (Å²) in [7, 11) is 0. The van der Waals surface area contributed by atoms with Gasteiger partial charge in [0.05, 0.1) is 6.21 Å². The van der Waals surface area contributed by atoms with Crippen LogP contribution in [-0.4, -0.2) is 18.2 Å². The molecule has 0 aliphatic carbocycles. The van der Waals surface area contributed by atoms with Crippen LogP contribution in [0.15, 0.2) is 88.4 Å². The number of ether oxygens (including phenoxy) is 1. The first-order valence-corrected chi connectivity index (χ1v) is 9.57. The molecule has 28 heavy (non-hydrogen) atoms. The maximum atomic E-state index is 12.2. The zero-order chi connectivity index (χ0) is 19.8. The molecule has 3 aromatic rings. The van der Waals surface area contributed by atoms with Gasteiger partial charge in [0.2, 0.25) is 0 Å². The number of benzene rings is 3. The molecule has 0 aliphatic heterocycles. The molecule has 0 radical (unpaired) electrons. The molecule has 0 saturated carbocycles. The van der Waals surface area contributed by atoms with E-state index in [0.29, 0.717) is 5.75 Å². The SMILES string of the molecule is CC(Nc1cccc(Br)c1)C(=O)NN=Cc1cccc(Oc2ccccc2)c1. The molecule has 3 rings (SSSR count). The molecule has 0 heterocycles. The summed E-state index contributed by atoms with van der Waals surface area (Å²) < 4.78 is 6.74. The Hall–Kier alpha value is -3.12. The molecule has 2 N–H and O–H groups in total. The normalized spacial score (nSPS) is 11.8. The standard InChI is InChI=1S/C22H20BrN3O2/c1-16(25-19-9-6-8-18(23)14-19)22(27)26-24-15-17-7-5-12-21(13-17)28-20-10-3-2-4-11-20/h2-16,25H,1H3,(H,26,27). The summed E-state index contributed by atoms with van der Waals surface area (Å²) in [5.74, 6) is 1.23. The van der Waals surface area contributed by atoms with Crippen LogP contribution in [-0.2, 0) is 4.79 Å². The summed E-state index contributed by atoms with van der Waals surface area (Å²) in [5.41, 5.74) is 4.22. The van der Waals surface area contributed by atoms with E-state index >= 15 is 0 Å². The average molecular weight is 438 g/mol. The van der Waals surface area contributed by atoms with Gasteiger partial charge in [-0.15, -0.1) is 0 Å². The lowest BCUT2D eigenvalue weighted by molar-refractivity contribution is -0.121. The Labute approximate surface area is 172 Å². The number of hydrazone groups is 1. The van der Waals surface area contributed by atoms with Crippen molar-refractivity contribution in [2.45, 2.75) is 13.0 Å². The van der Waals surface area contributed by atoms with Crippen LogP contribution in [0.3, 0.4) is 0 Å². The van der Waals surface area contributed by atoms with Crippen molar-refractivity contribution in [1.29, 1.82) is 0 Å². The predicted octanol–water partition coefficient (Wildman–Crippen LogP) is 5.19. The van der Waals surface area contributed by atoms with E-state index in [9.17, 15) is 4.79 Å². The Balaban J connectivity index is 1.55.